The van der Waals surface area contributed by atoms with Crippen molar-refractivity contribution >= 4 is 11.8 Å². The molecule has 1 aromatic carbocycles. The molecule has 1 aliphatic heterocycles. The molecule has 27 heavy (non-hydrogen) atoms. The van der Waals surface area contributed by atoms with Crippen molar-refractivity contribution in [1.29, 1.82) is 0 Å². The normalized spacial score (nSPS) is 15.3. The number of benzene rings is 1. The number of ether oxygens (including phenoxy) is 3. The van der Waals surface area contributed by atoms with E-state index in [0.29, 0.717) is 56.3 Å². The Morgan fingerprint density at radius 3 is 2.26 bits per heavy atom. The van der Waals surface area contributed by atoms with Gasteiger partial charge in [-0.3, -0.25) is 14.5 Å². The average Bonchev–Trinajstić information content (AvgIpc) is 2.67. The maximum Gasteiger partial charge on any atom is 0.236 e. The summed E-state index contributed by atoms with van der Waals surface area (Å²) in [6, 6.07) is 3.66. The van der Waals surface area contributed by atoms with Crippen molar-refractivity contribution in [2.75, 3.05) is 48.0 Å². The number of likely N-dealkylation sites (tertiary alicyclic amines) is 1. The van der Waals surface area contributed by atoms with Crippen LogP contribution in [0.15, 0.2) is 12.1 Å². The molecular formula is C19H29N3O5. The first-order chi connectivity index (χ1) is 12.9. The minimum Gasteiger partial charge on any atom is -0.493 e. The van der Waals surface area contributed by atoms with E-state index < -0.39 is 0 Å². The molecule has 1 fully saturated rings. The van der Waals surface area contributed by atoms with E-state index in [4.69, 9.17) is 19.9 Å². The fraction of sp³-hybridized carbons (Fsp3) is 0.579. The Morgan fingerprint density at radius 1 is 1.11 bits per heavy atom. The Hall–Kier alpha value is -2.48. The van der Waals surface area contributed by atoms with Crippen LogP contribution < -0.4 is 19.9 Å². The number of nitrogens with zero attached hydrogens (tertiary/aromatic N) is 2. The Bertz CT molecular complexity index is 672. The van der Waals surface area contributed by atoms with Crippen LogP contribution in [0.3, 0.4) is 0 Å². The fourth-order valence-electron chi connectivity index (χ4n) is 3.32. The maximum atomic E-state index is 12.6. The van der Waals surface area contributed by atoms with Gasteiger partial charge in [0.15, 0.2) is 11.5 Å². The van der Waals surface area contributed by atoms with Gasteiger partial charge in [0.1, 0.15) is 0 Å². The molecule has 0 bridgehead atoms. The van der Waals surface area contributed by atoms with Gasteiger partial charge in [-0.1, -0.05) is 0 Å². The lowest BCUT2D eigenvalue weighted by Gasteiger charge is -2.31. The molecule has 0 saturated carbocycles. The van der Waals surface area contributed by atoms with Crippen LogP contribution in [0.2, 0.25) is 0 Å². The molecule has 8 heteroatoms. The Balaban J connectivity index is 1.99. The lowest BCUT2D eigenvalue weighted by Crippen LogP contribution is -2.43. The van der Waals surface area contributed by atoms with Gasteiger partial charge in [0.2, 0.25) is 17.6 Å². The van der Waals surface area contributed by atoms with Crippen LogP contribution in [-0.4, -0.2) is 69.6 Å². The van der Waals surface area contributed by atoms with Gasteiger partial charge in [0, 0.05) is 25.1 Å². The summed E-state index contributed by atoms with van der Waals surface area (Å²) in [5.74, 6) is 1.31. The van der Waals surface area contributed by atoms with E-state index in [1.165, 1.54) is 0 Å². The highest BCUT2D eigenvalue weighted by atomic mass is 16.5. The quantitative estimate of drug-likeness (QED) is 0.720. The highest BCUT2D eigenvalue weighted by molar-refractivity contribution is 5.78. The lowest BCUT2D eigenvalue weighted by atomic mass is 9.96. The summed E-state index contributed by atoms with van der Waals surface area (Å²) in [6.45, 7) is 2.11. The van der Waals surface area contributed by atoms with Gasteiger partial charge in [-0.15, -0.1) is 0 Å². The number of rotatable bonds is 8. The largest absolute Gasteiger partial charge is 0.493 e. The number of hydrogen-bond acceptors (Lipinski definition) is 6. The minimum absolute atomic E-state index is 0.00404. The number of likely N-dealkylation sites (N-methyl/N-ethyl adjacent to an activating group) is 1. The van der Waals surface area contributed by atoms with Crippen molar-refractivity contribution in [3.63, 3.8) is 0 Å². The van der Waals surface area contributed by atoms with Crippen molar-refractivity contribution in [1.82, 2.24) is 9.80 Å². The maximum absolute atomic E-state index is 12.6. The molecule has 2 rings (SSSR count). The SMILES string of the molecule is COc1ccc(CN(C)C(=O)CN2CCC(C(N)=O)CC2)c(OC)c1OC. The molecule has 2 N–H and O–H groups in total. The molecule has 150 valence electrons. The first kappa shape index (κ1) is 20.8. The first-order valence-corrected chi connectivity index (χ1v) is 8.94. The minimum atomic E-state index is -0.251. The van der Waals surface area contributed by atoms with Crippen LogP contribution in [0.25, 0.3) is 0 Å². The number of carbonyl (C=O) groups is 2. The Morgan fingerprint density at radius 2 is 1.74 bits per heavy atom. The molecular weight excluding hydrogens is 350 g/mol. The summed E-state index contributed by atoms with van der Waals surface area (Å²) in [5.41, 5.74) is 6.19. The van der Waals surface area contributed by atoms with Crippen molar-refractivity contribution in [3.8, 4) is 17.2 Å². The molecule has 0 atom stereocenters. The van der Waals surface area contributed by atoms with Gasteiger partial charge in [-0.05, 0) is 38.1 Å². The van der Waals surface area contributed by atoms with Gasteiger partial charge in [-0.2, -0.15) is 0 Å². The smallest absolute Gasteiger partial charge is 0.236 e. The number of amides is 2. The predicted molar refractivity (Wildman–Crippen MR) is 101 cm³/mol. The van der Waals surface area contributed by atoms with E-state index in [9.17, 15) is 9.59 Å². The van der Waals surface area contributed by atoms with E-state index in [1.54, 1.807) is 39.3 Å². The third-order valence-corrected chi connectivity index (χ3v) is 4.97. The van der Waals surface area contributed by atoms with Gasteiger partial charge in [0.25, 0.3) is 0 Å². The van der Waals surface area contributed by atoms with Crippen molar-refractivity contribution in [3.05, 3.63) is 17.7 Å². The van der Waals surface area contributed by atoms with Crippen LogP contribution in [0.4, 0.5) is 0 Å². The van der Waals surface area contributed by atoms with Gasteiger partial charge >= 0.3 is 0 Å². The first-order valence-electron chi connectivity index (χ1n) is 8.94. The molecule has 0 aromatic heterocycles. The second kappa shape index (κ2) is 9.45. The number of nitrogens with two attached hydrogens (primary N) is 1. The number of methoxy groups -OCH3 is 3. The number of primary amides is 1. The third kappa shape index (κ3) is 5.03. The molecule has 1 saturated heterocycles. The fourth-order valence-corrected chi connectivity index (χ4v) is 3.32. The van der Waals surface area contributed by atoms with Crippen molar-refractivity contribution in [2.24, 2.45) is 11.7 Å². The molecule has 1 aliphatic rings. The van der Waals surface area contributed by atoms with E-state index in [-0.39, 0.29) is 17.7 Å². The summed E-state index contributed by atoms with van der Waals surface area (Å²) in [6.07, 6.45) is 1.41. The zero-order valence-corrected chi connectivity index (χ0v) is 16.5. The molecule has 0 radical (unpaired) electrons. The summed E-state index contributed by atoms with van der Waals surface area (Å²) in [5, 5.41) is 0. The number of hydrogen-bond donors (Lipinski definition) is 1. The van der Waals surface area contributed by atoms with Crippen LogP contribution in [0.5, 0.6) is 17.2 Å². The second-order valence-corrected chi connectivity index (χ2v) is 6.70. The van der Waals surface area contributed by atoms with E-state index in [2.05, 4.69) is 4.90 Å². The summed E-state index contributed by atoms with van der Waals surface area (Å²) >= 11 is 0. The molecule has 1 heterocycles. The topological polar surface area (TPSA) is 94.3 Å². The molecule has 2 amide bonds. The van der Waals surface area contributed by atoms with Crippen LogP contribution >= 0.6 is 0 Å². The van der Waals surface area contributed by atoms with E-state index in [1.807, 2.05) is 6.07 Å². The highest BCUT2D eigenvalue weighted by Crippen LogP contribution is 2.40. The molecule has 0 spiro atoms. The molecule has 0 unspecified atom stereocenters. The van der Waals surface area contributed by atoms with E-state index >= 15 is 0 Å². The second-order valence-electron chi connectivity index (χ2n) is 6.70. The highest BCUT2D eigenvalue weighted by Gasteiger charge is 2.25. The average molecular weight is 379 g/mol. The van der Waals surface area contributed by atoms with Gasteiger partial charge in [0.05, 0.1) is 27.9 Å². The van der Waals surface area contributed by atoms with E-state index in [0.717, 1.165) is 5.56 Å². The van der Waals surface area contributed by atoms with Crippen molar-refractivity contribution in [2.45, 2.75) is 19.4 Å². The zero-order valence-electron chi connectivity index (χ0n) is 16.5. The van der Waals surface area contributed by atoms with Crippen molar-refractivity contribution < 1.29 is 23.8 Å². The number of carbonyl (C=O) groups excluding carboxylic acids is 2. The zero-order chi connectivity index (χ0) is 20.0. The standard InChI is InChI=1S/C19H29N3O5/c1-21(16(23)12-22-9-7-13(8-10-22)19(20)24)11-14-5-6-15(25-2)18(27-4)17(14)26-3/h5-6,13H,7-12H2,1-4H3,(H2,20,24). The van der Waals surface area contributed by atoms with Gasteiger partial charge in [-0.25, -0.2) is 0 Å². The molecule has 0 aliphatic carbocycles. The molecule has 1 aromatic rings. The summed E-state index contributed by atoms with van der Waals surface area (Å²) in [7, 11) is 6.43. The lowest BCUT2D eigenvalue weighted by molar-refractivity contribution is -0.132. The van der Waals surface area contributed by atoms with Gasteiger partial charge < -0.3 is 24.8 Å². The van der Waals surface area contributed by atoms with Crippen LogP contribution in [-0.2, 0) is 16.1 Å². The molecule has 8 nitrogen and oxygen atoms in total. The summed E-state index contributed by atoms with van der Waals surface area (Å²) in [4.78, 5) is 27.6. The Kier molecular flexibility index (Phi) is 7.29. The monoisotopic (exact) mass is 379 g/mol. The van der Waals surface area contributed by atoms with Crippen LogP contribution in [0, 0.1) is 5.92 Å². The Labute approximate surface area is 160 Å². The number of piperidine rings is 1. The third-order valence-electron chi connectivity index (χ3n) is 4.97. The van der Waals surface area contributed by atoms with Crippen LogP contribution in [0.1, 0.15) is 18.4 Å². The predicted octanol–water partition coefficient (Wildman–Crippen LogP) is 0.868. The summed E-state index contributed by atoms with van der Waals surface area (Å²) < 4.78 is 16.2.